The predicted molar refractivity (Wildman–Crippen MR) is 57.1 cm³/mol. The average Bonchev–Trinajstić information content (AvgIpc) is 2.74. The first-order valence-electron chi connectivity index (χ1n) is 3.96. The highest BCUT2D eigenvalue weighted by Crippen LogP contribution is 2.18. The highest BCUT2D eigenvalue weighted by atomic mass is 35.5. The molecule has 1 amide bonds. The van der Waals surface area contributed by atoms with E-state index in [1.165, 1.54) is 6.20 Å². The highest BCUT2D eigenvalue weighted by molar-refractivity contribution is 7.07. The fourth-order valence-electron chi connectivity index (χ4n) is 0.914. The van der Waals surface area contributed by atoms with Gasteiger partial charge in [0.2, 0.25) is 0 Å². The van der Waals surface area contributed by atoms with Gasteiger partial charge in [0, 0.05) is 6.20 Å². The van der Waals surface area contributed by atoms with Crippen molar-refractivity contribution in [2.75, 3.05) is 5.32 Å². The van der Waals surface area contributed by atoms with Crippen LogP contribution in [-0.4, -0.2) is 20.5 Å². The van der Waals surface area contributed by atoms with Gasteiger partial charge in [-0.15, -0.1) is 5.10 Å². The maximum absolute atomic E-state index is 11.5. The summed E-state index contributed by atoms with van der Waals surface area (Å²) in [4.78, 5) is 15.9. The van der Waals surface area contributed by atoms with Crippen LogP contribution < -0.4 is 5.32 Å². The Bertz CT molecular complexity index is 473. The van der Waals surface area contributed by atoms with E-state index in [2.05, 4.69) is 19.9 Å². The summed E-state index contributed by atoms with van der Waals surface area (Å²) >= 11 is 6.84. The lowest BCUT2D eigenvalue weighted by Crippen LogP contribution is -2.11. The van der Waals surface area contributed by atoms with Crippen molar-refractivity contribution in [2.24, 2.45) is 0 Å². The van der Waals surface area contributed by atoms with Crippen LogP contribution in [0.1, 0.15) is 9.67 Å². The van der Waals surface area contributed by atoms with Gasteiger partial charge in [-0.2, -0.15) is 0 Å². The molecule has 2 heterocycles. The molecule has 5 nitrogen and oxygen atoms in total. The van der Waals surface area contributed by atoms with Gasteiger partial charge in [0.1, 0.15) is 4.88 Å². The topological polar surface area (TPSA) is 67.8 Å². The van der Waals surface area contributed by atoms with Crippen molar-refractivity contribution in [1.29, 1.82) is 0 Å². The fourth-order valence-corrected chi connectivity index (χ4v) is 1.49. The number of halogens is 1. The summed E-state index contributed by atoms with van der Waals surface area (Å²) in [6.07, 6.45) is 2.93. The van der Waals surface area contributed by atoms with Crippen LogP contribution in [0.15, 0.2) is 24.5 Å². The van der Waals surface area contributed by atoms with Gasteiger partial charge in [0.15, 0.2) is 5.82 Å². The van der Waals surface area contributed by atoms with Crippen molar-refractivity contribution in [2.45, 2.75) is 0 Å². The third kappa shape index (κ3) is 2.28. The van der Waals surface area contributed by atoms with Crippen LogP contribution in [0.4, 0.5) is 5.82 Å². The van der Waals surface area contributed by atoms with Gasteiger partial charge >= 0.3 is 0 Å². The van der Waals surface area contributed by atoms with Crippen molar-refractivity contribution in [3.05, 3.63) is 34.4 Å². The van der Waals surface area contributed by atoms with E-state index in [4.69, 9.17) is 11.6 Å². The van der Waals surface area contributed by atoms with Gasteiger partial charge in [-0.3, -0.25) is 4.79 Å². The number of pyridine rings is 1. The number of hydrogen-bond acceptors (Lipinski definition) is 5. The second-order valence-electron chi connectivity index (χ2n) is 2.57. The number of aromatic nitrogens is 3. The van der Waals surface area contributed by atoms with Crippen molar-refractivity contribution in [3.63, 3.8) is 0 Å². The third-order valence-electron chi connectivity index (χ3n) is 1.58. The number of nitrogens with zero attached hydrogens (tertiary/aromatic N) is 3. The molecule has 0 fully saturated rings. The molecule has 2 rings (SSSR count). The first kappa shape index (κ1) is 10.0. The number of nitrogens with one attached hydrogen (secondary N) is 1. The van der Waals surface area contributed by atoms with E-state index in [-0.39, 0.29) is 5.91 Å². The summed E-state index contributed by atoms with van der Waals surface area (Å²) in [5.41, 5.74) is 0. The van der Waals surface area contributed by atoms with Gasteiger partial charge in [-0.25, -0.2) is 4.98 Å². The molecule has 0 aromatic carbocycles. The minimum absolute atomic E-state index is 0.314. The van der Waals surface area contributed by atoms with Crippen molar-refractivity contribution in [3.8, 4) is 0 Å². The molecule has 7 heteroatoms. The molecule has 2 aromatic rings. The van der Waals surface area contributed by atoms with Gasteiger partial charge < -0.3 is 5.32 Å². The standard InChI is InChI=1S/C8H5ClN4OS/c9-5-2-1-3-10-7(5)12-8(14)6-4-11-13-15-6/h1-4H,(H,10,12,14). The van der Waals surface area contributed by atoms with E-state index >= 15 is 0 Å². The zero-order valence-electron chi connectivity index (χ0n) is 7.35. The van der Waals surface area contributed by atoms with Crippen LogP contribution in [0, 0.1) is 0 Å². The van der Waals surface area contributed by atoms with E-state index in [0.29, 0.717) is 15.7 Å². The molecule has 15 heavy (non-hydrogen) atoms. The number of hydrogen-bond donors (Lipinski definition) is 1. The van der Waals surface area contributed by atoms with E-state index in [1.54, 1.807) is 18.3 Å². The minimum Gasteiger partial charge on any atom is -0.305 e. The van der Waals surface area contributed by atoms with Crippen LogP contribution >= 0.6 is 23.1 Å². The molecule has 2 aromatic heterocycles. The van der Waals surface area contributed by atoms with Crippen LogP contribution in [0.25, 0.3) is 0 Å². The molecule has 0 aliphatic rings. The molecule has 0 unspecified atom stereocenters. The zero-order chi connectivity index (χ0) is 10.7. The molecular formula is C8H5ClN4OS. The quantitative estimate of drug-likeness (QED) is 0.870. The normalized spacial score (nSPS) is 9.93. The summed E-state index contributed by atoms with van der Waals surface area (Å²) in [6.45, 7) is 0. The lowest BCUT2D eigenvalue weighted by atomic mass is 10.4. The Morgan fingerprint density at radius 2 is 2.40 bits per heavy atom. The van der Waals surface area contributed by atoms with E-state index < -0.39 is 0 Å². The maximum Gasteiger partial charge on any atom is 0.270 e. The van der Waals surface area contributed by atoms with Gasteiger partial charge in [0.25, 0.3) is 5.91 Å². The van der Waals surface area contributed by atoms with Crippen molar-refractivity contribution in [1.82, 2.24) is 14.6 Å². The van der Waals surface area contributed by atoms with Gasteiger partial charge in [-0.1, -0.05) is 16.1 Å². The first-order chi connectivity index (χ1) is 7.27. The predicted octanol–water partition coefficient (Wildman–Crippen LogP) is 1.84. The molecule has 0 aliphatic heterocycles. The molecule has 0 atom stereocenters. The molecular weight excluding hydrogens is 236 g/mol. The largest absolute Gasteiger partial charge is 0.305 e. The van der Waals surface area contributed by atoms with Gasteiger partial charge in [-0.05, 0) is 23.7 Å². The number of carbonyl (C=O) groups is 1. The molecule has 1 N–H and O–H groups in total. The lowest BCUT2D eigenvalue weighted by Gasteiger charge is -2.02. The van der Waals surface area contributed by atoms with E-state index in [9.17, 15) is 4.79 Å². The Hall–Kier alpha value is -1.53. The SMILES string of the molecule is O=C(Nc1ncccc1Cl)c1cnns1. The second kappa shape index (κ2) is 4.33. The van der Waals surface area contributed by atoms with Crippen LogP contribution in [-0.2, 0) is 0 Å². The summed E-state index contributed by atoms with van der Waals surface area (Å²) < 4.78 is 3.58. The molecule has 0 spiro atoms. The molecule has 0 radical (unpaired) electrons. The van der Waals surface area contributed by atoms with Crippen LogP contribution in [0.3, 0.4) is 0 Å². The molecule has 0 saturated heterocycles. The maximum atomic E-state index is 11.5. The summed E-state index contributed by atoms with van der Waals surface area (Å²) in [6, 6.07) is 3.33. The Balaban J connectivity index is 2.17. The monoisotopic (exact) mass is 240 g/mol. The summed E-state index contributed by atoms with van der Waals surface area (Å²) in [7, 11) is 0. The Kier molecular flexibility index (Phi) is 2.89. The number of amides is 1. The number of carbonyl (C=O) groups excluding carboxylic acids is 1. The Morgan fingerprint density at radius 1 is 1.53 bits per heavy atom. The minimum atomic E-state index is -0.314. The smallest absolute Gasteiger partial charge is 0.270 e. The molecule has 0 saturated carbocycles. The highest BCUT2D eigenvalue weighted by Gasteiger charge is 2.10. The molecule has 76 valence electrons. The summed E-state index contributed by atoms with van der Waals surface area (Å²) in [5.74, 6) is 0.0168. The number of anilines is 1. The lowest BCUT2D eigenvalue weighted by molar-refractivity contribution is 0.103. The molecule has 0 aliphatic carbocycles. The van der Waals surface area contributed by atoms with E-state index in [1.807, 2.05) is 0 Å². The number of rotatable bonds is 2. The Morgan fingerprint density at radius 3 is 3.07 bits per heavy atom. The van der Waals surface area contributed by atoms with Gasteiger partial charge in [0.05, 0.1) is 11.2 Å². The second-order valence-corrected chi connectivity index (χ2v) is 3.76. The fraction of sp³-hybridized carbons (Fsp3) is 0. The summed E-state index contributed by atoms with van der Waals surface area (Å²) in [5, 5.41) is 6.51. The van der Waals surface area contributed by atoms with Crippen molar-refractivity contribution < 1.29 is 4.79 Å². The van der Waals surface area contributed by atoms with E-state index in [0.717, 1.165) is 11.5 Å². The Labute approximate surface area is 94.3 Å². The van der Waals surface area contributed by atoms with Crippen LogP contribution in [0.5, 0.6) is 0 Å². The molecule has 0 bridgehead atoms. The van der Waals surface area contributed by atoms with Crippen molar-refractivity contribution >= 4 is 34.9 Å². The zero-order valence-corrected chi connectivity index (χ0v) is 8.92. The first-order valence-corrected chi connectivity index (χ1v) is 5.12. The van der Waals surface area contributed by atoms with Crippen LogP contribution in [0.2, 0.25) is 5.02 Å². The third-order valence-corrected chi connectivity index (χ3v) is 2.54. The average molecular weight is 241 g/mol.